The van der Waals surface area contributed by atoms with Gasteiger partial charge in [-0.2, -0.15) is 0 Å². The van der Waals surface area contributed by atoms with Crippen LogP contribution < -0.4 is 0 Å². The second-order valence-corrected chi connectivity index (χ2v) is 11.5. The van der Waals surface area contributed by atoms with Crippen molar-refractivity contribution in [1.29, 1.82) is 0 Å². The summed E-state index contributed by atoms with van der Waals surface area (Å²) in [5.41, 5.74) is 0. The lowest BCUT2D eigenvalue weighted by molar-refractivity contribution is 0.563. The molecule has 0 saturated carbocycles. The molecule has 28 heavy (non-hydrogen) atoms. The fourth-order valence-electron chi connectivity index (χ4n) is 3.66. The molecule has 0 fully saturated rings. The minimum atomic E-state index is 0.553. The van der Waals surface area contributed by atoms with Gasteiger partial charge in [0, 0.05) is 0 Å². The third-order valence-electron chi connectivity index (χ3n) is 5.60. The number of rotatable bonds is 24. The molecule has 0 unspecified atom stereocenters. The lowest BCUT2D eigenvalue weighted by Crippen LogP contribution is -1.95. The van der Waals surface area contributed by atoms with Gasteiger partial charge in [0.1, 0.15) is 0 Å². The van der Waals surface area contributed by atoms with Crippen LogP contribution in [-0.4, -0.2) is 16.1 Å². The van der Waals surface area contributed by atoms with Crippen LogP contribution in [0.3, 0.4) is 0 Å². The van der Waals surface area contributed by atoms with Crippen molar-refractivity contribution in [3.63, 3.8) is 0 Å². The van der Waals surface area contributed by atoms with Gasteiger partial charge in [-0.1, -0.05) is 129 Å². The van der Waals surface area contributed by atoms with Gasteiger partial charge in [0.05, 0.1) is 4.58 Å². The Hall–Kier alpha value is 0.700. The van der Waals surface area contributed by atoms with Crippen LogP contribution in [0, 0.1) is 6.92 Å². The van der Waals surface area contributed by atoms with Crippen molar-refractivity contribution in [2.24, 2.45) is 0 Å². The Balaban J connectivity index is 3.12. The summed E-state index contributed by atoms with van der Waals surface area (Å²) in [6, 6.07) is 0. The van der Waals surface area contributed by atoms with Crippen molar-refractivity contribution in [2.45, 2.75) is 147 Å². The Morgan fingerprint density at radius 2 is 0.679 bits per heavy atom. The van der Waals surface area contributed by atoms with E-state index in [9.17, 15) is 0 Å². The van der Waals surface area contributed by atoms with E-state index in [0.29, 0.717) is 4.58 Å². The summed E-state index contributed by atoms with van der Waals surface area (Å²) < 4.78 is 0.553. The molecule has 0 rings (SSSR count). The molecule has 0 aromatic rings. The Kier molecular flexibility index (Phi) is 26.4. The molecule has 0 aromatic heterocycles. The van der Waals surface area contributed by atoms with E-state index in [-0.39, 0.29) is 0 Å². The molecular formula is C26H53S2. The zero-order valence-electron chi connectivity index (χ0n) is 19.7. The van der Waals surface area contributed by atoms with E-state index >= 15 is 0 Å². The first kappa shape index (κ1) is 28.7. The van der Waals surface area contributed by atoms with Gasteiger partial charge in [-0.15, -0.1) is 23.5 Å². The summed E-state index contributed by atoms with van der Waals surface area (Å²) in [4.78, 5) is 0. The highest BCUT2D eigenvalue weighted by Gasteiger charge is 2.03. The van der Waals surface area contributed by atoms with E-state index in [1.807, 2.05) is 0 Å². The second kappa shape index (κ2) is 25.7. The Labute approximate surface area is 188 Å². The fraction of sp³-hybridized carbons (Fsp3) is 0.962. The van der Waals surface area contributed by atoms with Crippen molar-refractivity contribution in [2.75, 3.05) is 11.5 Å². The molecule has 2 heteroatoms. The number of unbranched alkanes of at least 4 members (excludes halogenated alkanes) is 18. The van der Waals surface area contributed by atoms with Crippen LogP contribution in [0.15, 0.2) is 0 Å². The van der Waals surface area contributed by atoms with E-state index in [1.54, 1.807) is 0 Å². The molecule has 0 atom stereocenters. The first-order valence-electron chi connectivity index (χ1n) is 12.9. The standard InChI is InChI=1S/C26H53S2/c1-4-6-8-10-12-14-16-18-20-22-24-27-26(3)28-25-23-21-19-17-15-13-11-9-7-5-2/h26H,3-25H2,1-2H3. The minimum Gasteiger partial charge on any atom is -0.148 e. The zero-order chi connectivity index (χ0) is 20.5. The lowest BCUT2D eigenvalue weighted by Gasteiger charge is -2.10. The van der Waals surface area contributed by atoms with E-state index in [1.165, 1.54) is 140 Å². The highest BCUT2D eigenvalue weighted by molar-refractivity contribution is 8.17. The maximum atomic E-state index is 4.33. The molecule has 0 aliphatic heterocycles. The molecular weight excluding hydrogens is 376 g/mol. The Morgan fingerprint density at radius 3 is 0.964 bits per heavy atom. The Bertz CT molecular complexity index is 241. The van der Waals surface area contributed by atoms with Gasteiger partial charge in [0.15, 0.2) is 0 Å². The van der Waals surface area contributed by atoms with Crippen molar-refractivity contribution < 1.29 is 0 Å². The number of hydrogen-bond acceptors (Lipinski definition) is 2. The van der Waals surface area contributed by atoms with Crippen molar-refractivity contribution in [3.05, 3.63) is 6.92 Å². The van der Waals surface area contributed by atoms with E-state index in [0.717, 1.165) is 0 Å². The van der Waals surface area contributed by atoms with Gasteiger partial charge in [-0.05, 0) is 31.3 Å². The van der Waals surface area contributed by atoms with Gasteiger partial charge in [-0.3, -0.25) is 0 Å². The van der Waals surface area contributed by atoms with Crippen LogP contribution in [0.2, 0.25) is 0 Å². The lowest BCUT2D eigenvalue weighted by atomic mass is 10.1. The minimum absolute atomic E-state index is 0.553. The predicted molar refractivity (Wildman–Crippen MR) is 138 cm³/mol. The van der Waals surface area contributed by atoms with Crippen LogP contribution in [0.25, 0.3) is 0 Å². The van der Waals surface area contributed by atoms with Crippen molar-refractivity contribution in [3.8, 4) is 0 Å². The monoisotopic (exact) mass is 429 g/mol. The second-order valence-electron chi connectivity index (χ2n) is 8.54. The average Bonchev–Trinajstić information content (AvgIpc) is 2.70. The van der Waals surface area contributed by atoms with Crippen molar-refractivity contribution >= 4 is 23.5 Å². The average molecular weight is 430 g/mol. The van der Waals surface area contributed by atoms with Crippen molar-refractivity contribution in [1.82, 2.24) is 0 Å². The van der Waals surface area contributed by atoms with Gasteiger partial charge in [0.2, 0.25) is 0 Å². The molecule has 169 valence electrons. The molecule has 0 aromatic carbocycles. The van der Waals surface area contributed by atoms with Gasteiger partial charge in [0.25, 0.3) is 0 Å². The maximum Gasteiger partial charge on any atom is 0.0503 e. The zero-order valence-corrected chi connectivity index (χ0v) is 21.3. The van der Waals surface area contributed by atoms with Gasteiger partial charge in [-0.25, -0.2) is 0 Å². The normalized spacial score (nSPS) is 11.6. The first-order chi connectivity index (χ1) is 13.8. The number of hydrogen-bond donors (Lipinski definition) is 0. The topological polar surface area (TPSA) is 0 Å². The highest BCUT2D eigenvalue weighted by atomic mass is 32.2. The summed E-state index contributed by atoms with van der Waals surface area (Å²) in [5, 5.41) is 0. The molecule has 0 heterocycles. The third kappa shape index (κ3) is 24.7. The van der Waals surface area contributed by atoms with E-state index in [2.05, 4.69) is 44.3 Å². The molecule has 1 radical (unpaired) electrons. The molecule has 0 aliphatic carbocycles. The molecule has 0 nitrogen and oxygen atoms in total. The summed E-state index contributed by atoms with van der Waals surface area (Å²) in [7, 11) is 0. The number of thioether (sulfide) groups is 2. The predicted octanol–water partition coefficient (Wildman–Crippen LogP) is 10.5. The quantitative estimate of drug-likeness (QED) is 0.110. The highest BCUT2D eigenvalue weighted by Crippen LogP contribution is 2.25. The van der Waals surface area contributed by atoms with Gasteiger partial charge < -0.3 is 0 Å². The fourth-order valence-corrected chi connectivity index (χ4v) is 5.89. The van der Waals surface area contributed by atoms with Crippen LogP contribution in [0.4, 0.5) is 0 Å². The summed E-state index contributed by atoms with van der Waals surface area (Å²) in [6.07, 6.45) is 28.7. The summed E-state index contributed by atoms with van der Waals surface area (Å²) in [6.45, 7) is 8.92. The Morgan fingerprint density at radius 1 is 0.429 bits per heavy atom. The molecule has 0 spiro atoms. The SMILES string of the molecule is [CH2]C(SCCCCCCCCCCCC)SCCCCCCCCCCCC. The van der Waals surface area contributed by atoms with E-state index in [4.69, 9.17) is 0 Å². The maximum absolute atomic E-state index is 4.33. The van der Waals surface area contributed by atoms with Crippen LogP contribution in [0.5, 0.6) is 0 Å². The summed E-state index contributed by atoms with van der Waals surface area (Å²) >= 11 is 4.17. The largest absolute Gasteiger partial charge is 0.148 e. The van der Waals surface area contributed by atoms with Crippen LogP contribution in [-0.2, 0) is 0 Å². The molecule has 0 N–H and O–H groups in total. The van der Waals surface area contributed by atoms with E-state index < -0.39 is 0 Å². The van der Waals surface area contributed by atoms with Gasteiger partial charge >= 0.3 is 0 Å². The smallest absolute Gasteiger partial charge is 0.0503 e. The summed E-state index contributed by atoms with van der Waals surface area (Å²) in [5.74, 6) is 2.63. The molecule has 0 saturated heterocycles. The molecule has 0 bridgehead atoms. The van der Waals surface area contributed by atoms with Crippen LogP contribution in [0.1, 0.15) is 142 Å². The van der Waals surface area contributed by atoms with Crippen LogP contribution >= 0.6 is 23.5 Å². The third-order valence-corrected chi connectivity index (χ3v) is 8.21. The molecule has 0 amide bonds. The molecule has 0 aliphatic rings. The first-order valence-corrected chi connectivity index (χ1v) is 15.0.